The summed E-state index contributed by atoms with van der Waals surface area (Å²) >= 11 is 5.65. The van der Waals surface area contributed by atoms with E-state index in [0.717, 1.165) is 6.20 Å². The highest BCUT2D eigenvalue weighted by Gasteiger charge is 2.04. The molecule has 0 saturated heterocycles. The van der Waals surface area contributed by atoms with Crippen LogP contribution in [0.2, 0.25) is 5.15 Å². The number of nitrogens with one attached hydrogen (secondary N) is 1. The molecule has 0 atom stereocenters. The number of nitrogens with zero attached hydrogens (tertiary/aromatic N) is 1. The normalized spacial score (nSPS) is 10.1. The van der Waals surface area contributed by atoms with Crippen LogP contribution < -0.4 is 5.32 Å². The van der Waals surface area contributed by atoms with Gasteiger partial charge in [0.05, 0.1) is 11.9 Å². The molecule has 0 radical (unpaired) electrons. The Balaban J connectivity index is 2.30. The van der Waals surface area contributed by atoms with Crippen LogP contribution in [0.15, 0.2) is 36.5 Å². The van der Waals surface area contributed by atoms with Crippen LogP contribution in [0.1, 0.15) is 0 Å². The number of hydrogen-bond acceptors (Lipinski definition) is 3. The molecule has 82 valence electrons. The third-order valence-corrected chi connectivity index (χ3v) is 2.15. The van der Waals surface area contributed by atoms with Gasteiger partial charge in [0, 0.05) is 17.8 Å². The molecule has 0 aliphatic carbocycles. The van der Waals surface area contributed by atoms with Crippen molar-refractivity contribution in [3.8, 4) is 5.75 Å². The zero-order chi connectivity index (χ0) is 11.5. The zero-order valence-electron chi connectivity index (χ0n) is 8.11. The maximum atomic E-state index is 13.3. The molecule has 1 aromatic carbocycles. The smallest absolute Gasteiger partial charge is 0.164 e. The van der Waals surface area contributed by atoms with Gasteiger partial charge in [-0.05, 0) is 12.1 Å². The van der Waals surface area contributed by atoms with Crippen molar-refractivity contribution >= 4 is 23.0 Å². The van der Waals surface area contributed by atoms with Gasteiger partial charge in [-0.2, -0.15) is 0 Å². The van der Waals surface area contributed by atoms with Crippen molar-refractivity contribution in [2.45, 2.75) is 0 Å². The maximum Gasteiger partial charge on any atom is 0.164 e. The van der Waals surface area contributed by atoms with Crippen LogP contribution in [-0.4, -0.2) is 10.1 Å². The topological polar surface area (TPSA) is 45.1 Å². The first-order chi connectivity index (χ1) is 7.65. The van der Waals surface area contributed by atoms with Gasteiger partial charge in [-0.15, -0.1) is 0 Å². The first-order valence-electron chi connectivity index (χ1n) is 4.52. The van der Waals surface area contributed by atoms with Crippen molar-refractivity contribution < 1.29 is 9.50 Å². The van der Waals surface area contributed by atoms with E-state index in [2.05, 4.69) is 10.3 Å². The van der Waals surface area contributed by atoms with Crippen LogP contribution in [0, 0.1) is 5.82 Å². The Morgan fingerprint density at radius 2 is 2.12 bits per heavy atom. The van der Waals surface area contributed by atoms with E-state index in [1.807, 2.05) is 0 Å². The van der Waals surface area contributed by atoms with Crippen LogP contribution in [0.5, 0.6) is 5.75 Å². The molecule has 1 heterocycles. The highest BCUT2D eigenvalue weighted by Crippen LogP contribution is 2.23. The summed E-state index contributed by atoms with van der Waals surface area (Å²) < 4.78 is 13.3. The molecule has 5 heteroatoms. The predicted octanol–water partition coefficient (Wildman–Crippen LogP) is 3.32. The molecule has 0 bridgehead atoms. The van der Waals surface area contributed by atoms with Crippen LogP contribution in [0.25, 0.3) is 0 Å². The monoisotopic (exact) mass is 238 g/mol. The molecule has 0 spiro atoms. The van der Waals surface area contributed by atoms with Gasteiger partial charge in [0.15, 0.2) is 5.82 Å². The Labute approximate surface area is 96.5 Å². The largest absolute Gasteiger partial charge is 0.508 e. The SMILES string of the molecule is Oc1cccc(Nc2cc(Cl)ncc2F)c1. The Bertz CT molecular complexity index is 519. The third kappa shape index (κ3) is 2.41. The number of pyridine rings is 1. The summed E-state index contributed by atoms with van der Waals surface area (Å²) in [5.41, 5.74) is 0.784. The average molecular weight is 239 g/mol. The standard InChI is InChI=1S/C11H8ClFN2O/c12-11-5-10(9(13)6-14-11)15-7-2-1-3-8(16)4-7/h1-6,16H,(H,14,15). The summed E-state index contributed by atoms with van der Waals surface area (Å²) in [6.45, 7) is 0. The van der Waals surface area contributed by atoms with Crippen molar-refractivity contribution in [3.05, 3.63) is 47.5 Å². The molecular weight excluding hydrogens is 231 g/mol. The lowest BCUT2D eigenvalue weighted by atomic mass is 10.3. The predicted molar refractivity (Wildman–Crippen MR) is 60.6 cm³/mol. The number of phenolic OH excluding ortho intramolecular Hbond substituents is 1. The van der Waals surface area contributed by atoms with E-state index in [4.69, 9.17) is 11.6 Å². The molecule has 2 aromatic rings. The molecule has 2 rings (SSSR count). The van der Waals surface area contributed by atoms with Crippen molar-refractivity contribution in [1.82, 2.24) is 4.98 Å². The van der Waals surface area contributed by atoms with Gasteiger partial charge in [0.1, 0.15) is 10.9 Å². The summed E-state index contributed by atoms with van der Waals surface area (Å²) in [4.78, 5) is 3.60. The number of rotatable bonds is 2. The first-order valence-corrected chi connectivity index (χ1v) is 4.90. The van der Waals surface area contributed by atoms with E-state index in [-0.39, 0.29) is 16.6 Å². The fourth-order valence-electron chi connectivity index (χ4n) is 1.25. The van der Waals surface area contributed by atoms with E-state index in [1.54, 1.807) is 12.1 Å². The first kappa shape index (κ1) is 10.7. The van der Waals surface area contributed by atoms with Crippen molar-refractivity contribution in [2.24, 2.45) is 0 Å². The number of halogens is 2. The number of benzene rings is 1. The van der Waals surface area contributed by atoms with E-state index in [9.17, 15) is 9.50 Å². The van der Waals surface area contributed by atoms with Gasteiger partial charge >= 0.3 is 0 Å². The summed E-state index contributed by atoms with van der Waals surface area (Å²) in [6.07, 6.45) is 1.04. The third-order valence-electron chi connectivity index (χ3n) is 1.95. The van der Waals surface area contributed by atoms with Gasteiger partial charge < -0.3 is 10.4 Å². The highest BCUT2D eigenvalue weighted by atomic mass is 35.5. The molecule has 0 saturated carbocycles. The minimum Gasteiger partial charge on any atom is -0.508 e. The Kier molecular flexibility index (Phi) is 2.92. The van der Waals surface area contributed by atoms with E-state index < -0.39 is 5.82 Å². The second-order valence-corrected chi connectivity index (χ2v) is 3.55. The van der Waals surface area contributed by atoms with Gasteiger partial charge in [-0.25, -0.2) is 9.37 Å². The zero-order valence-corrected chi connectivity index (χ0v) is 8.87. The molecule has 1 aromatic heterocycles. The van der Waals surface area contributed by atoms with Gasteiger partial charge in [0.25, 0.3) is 0 Å². The number of aromatic nitrogens is 1. The second kappa shape index (κ2) is 4.37. The number of phenols is 1. The van der Waals surface area contributed by atoms with Crippen LogP contribution in [0.3, 0.4) is 0 Å². The Hall–Kier alpha value is -1.81. The second-order valence-electron chi connectivity index (χ2n) is 3.16. The summed E-state index contributed by atoms with van der Waals surface area (Å²) in [5, 5.41) is 12.2. The van der Waals surface area contributed by atoms with E-state index in [0.29, 0.717) is 5.69 Å². The maximum absolute atomic E-state index is 13.3. The van der Waals surface area contributed by atoms with Crippen LogP contribution in [-0.2, 0) is 0 Å². The quantitative estimate of drug-likeness (QED) is 0.789. The van der Waals surface area contributed by atoms with Crippen LogP contribution >= 0.6 is 11.6 Å². The van der Waals surface area contributed by atoms with Crippen molar-refractivity contribution in [2.75, 3.05) is 5.32 Å². The molecule has 0 fully saturated rings. The fourth-order valence-corrected chi connectivity index (χ4v) is 1.41. The molecule has 0 aliphatic rings. The molecule has 2 N–H and O–H groups in total. The number of hydrogen-bond donors (Lipinski definition) is 2. The fraction of sp³-hybridized carbons (Fsp3) is 0. The van der Waals surface area contributed by atoms with E-state index in [1.165, 1.54) is 18.2 Å². The van der Waals surface area contributed by atoms with Gasteiger partial charge in [0.2, 0.25) is 0 Å². The van der Waals surface area contributed by atoms with Crippen molar-refractivity contribution in [3.63, 3.8) is 0 Å². The Morgan fingerprint density at radius 1 is 1.31 bits per heavy atom. The summed E-state index contributed by atoms with van der Waals surface area (Å²) in [5.74, 6) is -0.404. The number of aromatic hydroxyl groups is 1. The number of anilines is 2. The lowest BCUT2D eigenvalue weighted by Crippen LogP contribution is -1.94. The van der Waals surface area contributed by atoms with Gasteiger partial charge in [-0.3, -0.25) is 0 Å². The molecule has 3 nitrogen and oxygen atoms in total. The highest BCUT2D eigenvalue weighted by molar-refractivity contribution is 6.29. The molecule has 0 unspecified atom stereocenters. The minimum atomic E-state index is -0.507. The molecule has 0 amide bonds. The lowest BCUT2D eigenvalue weighted by molar-refractivity contribution is 0.475. The minimum absolute atomic E-state index is 0.102. The average Bonchev–Trinajstić information content (AvgIpc) is 2.24. The molecule has 0 aliphatic heterocycles. The van der Waals surface area contributed by atoms with Crippen LogP contribution in [0.4, 0.5) is 15.8 Å². The summed E-state index contributed by atoms with van der Waals surface area (Å²) in [7, 11) is 0. The van der Waals surface area contributed by atoms with Gasteiger partial charge in [-0.1, -0.05) is 17.7 Å². The van der Waals surface area contributed by atoms with E-state index >= 15 is 0 Å². The molecular formula is C11H8ClFN2O. The Morgan fingerprint density at radius 3 is 2.88 bits per heavy atom. The lowest BCUT2D eigenvalue weighted by Gasteiger charge is -2.07. The molecule has 16 heavy (non-hydrogen) atoms. The summed E-state index contributed by atoms with van der Waals surface area (Å²) in [6, 6.07) is 7.74. The van der Waals surface area contributed by atoms with Crippen molar-refractivity contribution in [1.29, 1.82) is 0 Å².